The van der Waals surface area contributed by atoms with E-state index in [-0.39, 0.29) is 18.4 Å². The third-order valence-corrected chi connectivity index (χ3v) is 12.6. The fourth-order valence-electron chi connectivity index (χ4n) is 7.18. The first-order valence-electron chi connectivity index (χ1n) is 20.6. The summed E-state index contributed by atoms with van der Waals surface area (Å²) in [6.45, 7) is 21.6. The topological polar surface area (TPSA) is 196 Å². The van der Waals surface area contributed by atoms with Gasteiger partial charge in [0, 0.05) is 12.3 Å². The average Bonchev–Trinajstić information content (AvgIpc) is 3.91. The number of hydrogen-bond acceptors (Lipinski definition) is 10. The number of nitrogens with one attached hydrogen (secondary N) is 6. The number of ether oxygens (including phenoxy) is 2. The Hall–Kier alpha value is -4.25. The Balaban J connectivity index is 1.76. The smallest absolute Gasteiger partial charge is 0.245 e. The quantitative estimate of drug-likeness (QED) is 0.170. The average molecular weight is 840 g/mol. The number of carbonyl (C=O) groups is 6. The molecule has 2 bridgehead atoms. The lowest BCUT2D eigenvalue weighted by Crippen LogP contribution is -2.63. The Labute approximate surface area is 353 Å². The zero-order valence-electron chi connectivity index (χ0n) is 35.8. The van der Waals surface area contributed by atoms with Crippen LogP contribution in [0.25, 0.3) is 0 Å². The SMILES string of the molecule is C=CC(C)(C)OC[C@@H]1NC(=O)[C@H]([C@@H](C)OC(C)(C)C=C)NC(=O)[C@@H]2CSC(N2)[C@@H](Cc2ccccc2)NC(=O)[C@@H]2CCCN2C(=O)[C@H](C)NC(=O)[C@H]([C@@H](C)CC)NC1=O. The maximum absolute atomic E-state index is 14.4. The molecule has 1 unspecified atom stereocenters. The molecule has 3 aliphatic heterocycles. The molecular weight excluding hydrogens is 775 g/mol. The molecule has 0 spiro atoms. The van der Waals surface area contributed by atoms with Crippen LogP contribution in [0.2, 0.25) is 0 Å². The van der Waals surface area contributed by atoms with E-state index >= 15 is 0 Å². The van der Waals surface area contributed by atoms with Crippen LogP contribution in [0.4, 0.5) is 0 Å². The zero-order valence-corrected chi connectivity index (χ0v) is 36.6. The summed E-state index contributed by atoms with van der Waals surface area (Å²) in [5, 5.41) is 17.4. The summed E-state index contributed by atoms with van der Waals surface area (Å²) in [6, 6.07) is 2.88. The van der Waals surface area contributed by atoms with Crippen molar-refractivity contribution in [3.8, 4) is 0 Å². The molecule has 3 heterocycles. The molecule has 3 fully saturated rings. The van der Waals surface area contributed by atoms with Gasteiger partial charge in [-0.2, -0.15) is 0 Å². The molecule has 0 aromatic heterocycles. The van der Waals surface area contributed by atoms with Gasteiger partial charge in [0.2, 0.25) is 35.4 Å². The molecule has 3 saturated heterocycles. The number of amides is 6. The van der Waals surface area contributed by atoms with Crippen molar-refractivity contribution >= 4 is 47.2 Å². The summed E-state index contributed by atoms with van der Waals surface area (Å²) in [7, 11) is 0. The summed E-state index contributed by atoms with van der Waals surface area (Å²) in [5.41, 5.74) is -0.811. The standard InChI is InChI=1S/C43H65N7O8S/c1-11-25(4)33-38(54)44-26(5)41(56)50-21-17-20-32(50)37(53)45-29(22-28-18-15-14-16-19-28)40-47-31(24-59-40)36(52)49-34(27(6)58-43(9,10)13-3)39(55)46-30(35(51)48-33)23-57-42(7,8)12-2/h12-16,18-19,25-27,29-34,40,47H,2-3,11,17,20-24H2,1,4-10H3,(H,44,54)(H,45,53)(H,46,55)(H,48,51)(H,49,52)/t25-,26-,27+,29+,30-,31-,32-,33-,34-,40?/m0/s1. The highest BCUT2D eigenvalue weighted by atomic mass is 32.2. The van der Waals surface area contributed by atoms with Crippen molar-refractivity contribution in [1.82, 2.24) is 36.8 Å². The van der Waals surface area contributed by atoms with E-state index in [2.05, 4.69) is 45.1 Å². The summed E-state index contributed by atoms with van der Waals surface area (Å²) in [6.07, 6.45) is 4.20. The van der Waals surface area contributed by atoms with Gasteiger partial charge in [-0.25, -0.2) is 0 Å². The molecular formula is C43H65N7O8S. The molecule has 6 N–H and O–H groups in total. The molecule has 15 nitrogen and oxygen atoms in total. The van der Waals surface area contributed by atoms with Gasteiger partial charge in [-0.1, -0.05) is 62.8 Å². The van der Waals surface area contributed by atoms with E-state index in [9.17, 15) is 28.8 Å². The van der Waals surface area contributed by atoms with Crippen LogP contribution in [-0.2, 0) is 44.7 Å². The predicted octanol–water partition coefficient (Wildman–Crippen LogP) is 2.11. The molecule has 0 radical (unpaired) electrons. The molecule has 16 heteroatoms. The van der Waals surface area contributed by atoms with Crippen molar-refractivity contribution in [2.24, 2.45) is 5.92 Å². The highest BCUT2D eigenvalue weighted by molar-refractivity contribution is 8.00. The molecule has 326 valence electrons. The third-order valence-electron chi connectivity index (χ3n) is 11.3. The van der Waals surface area contributed by atoms with Gasteiger partial charge in [-0.15, -0.1) is 24.9 Å². The van der Waals surface area contributed by atoms with Gasteiger partial charge in [-0.05, 0) is 72.3 Å². The van der Waals surface area contributed by atoms with Gasteiger partial charge in [0.15, 0.2) is 0 Å². The van der Waals surface area contributed by atoms with Crippen LogP contribution in [0, 0.1) is 5.92 Å². The maximum atomic E-state index is 14.4. The first kappa shape index (κ1) is 47.4. The number of hydrogen-bond donors (Lipinski definition) is 6. The van der Waals surface area contributed by atoms with Crippen LogP contribution in [0.5, 0.6) is 0 Å². The Morgan fingerprint density at radius 1 is 0.847 bits per heavy atom. The molecule has 10 atom stereocenters. The van der Waals surface area contributed by atoms with Crippen molar-refractivity contribution < 1.29 is 38.2 Å². The Kier molecular flexibility index (Phi) is 16.7. The fraction of sp³-hybridized carbons (Fsp3) is 0.628. The monoisotopic (exact) mass is 839 g/mol. The minimum absolute atomic E-state index is 0.308. The van der Waals surface area contributed by atoms with Crippen LogP contribution in [0.3, 0.4) is 0 Å². The lowest BCUT2D eigenvalue weighted by Gasteiger charge is -2.33. The summed E-state index contributed by atoms with van der Waals surface area (Å²) < 4.78 is 12.2. The minimum atomic E-state index is -1.33. The molecule has 1 aromatic rings. The molecule has 4 rings (SSSR count). The first-order valence-corrected chi connectivity index (χ1v) is 21.7. The van der Waals surface area contributed by atoms with Gasteiger partial charge in [0.25, 0.3) is 0 Å². The van der Waals surface area contributed by atoms with Crippen LogP contribution in [-0.4, -0.2) is 124 Å². The summed E-state index contributed by atoms with van der Waals surface area (Å²) in [5.74, 6) is -3.34. The van der Waals surface area contributed by atoms with Gasteiger partial charge < -0.3 is 41.0 Å². The number of nitrogens with zero attached hydrogens (tertiary/aromatic N) is 1. The van der Waals surface area contributed by atoms with Gasteiger partial charge in [0.1, 0.15) is 30.2 Å². The number of carbonyl (C=O) groups excluding carboxylic acids is 6. The summed E-state index contributed by atoms with van der Waals surface area (Å²) in [4.78, 5) is 86.2. The minimum Gasteiger partial charge on any atom is -0.369 e. The predicted molar refractivity (Wildman–Crippen MR) is 228 cm³/mol. The van der Waals surface area contributed by atoms with Crippen molar-refractivity contribution in [1.29, 1.82) is 0 Å². The molecule has 0 aliphatic carbocycles. The number of fused-ring (bicyclic) bond motifs is 3. The highest BCUT2D eigenvalue weighted by Crippen LogP contribution is 2.26. The van der Waals surface area contributed by atoms with Crippen molar-refractivity contribution in [2.45, 2.75) is 146 Å². The lowest BCUT2D eigenvalue weighted by molar-refractivity contribution is -0.142. The van der Waals surface area contributed by atoms with Gasteiger partial charge in [-0.3, -0.25) is 34.1 Å². The van der Waals surface area contributed by atoms with E-state index in [0.717, 1.165) is 5.56 Å². The number of thioether (sulfide) groups is 1. The molecule has 6 amide bonds. The van der Waals surface area contributed by atoms with Crippen LogP contribution >= 0.6 is 11.8 Å². The molecule has 59 heavy (non-hydrogen) atoms. The Bertz CT molecular complexity index is 1690. The van der Waals surface area contributed by atoms with Crippen molar-refractivity contribution in [2.75, 3.05) is 18.9 Å². The second kappa shape index (κ2) is 20.8. The molecule has 0 saturated carbocycles. The van der Waals surface area contributed by atoms with E-state index in [1.165, 1.54) is 16.7 Å². The number of rotatable bonds is 12. The second-order valence-corrected chi connectivity index (χ2v) is 18.0. The first-order chi connectivity index (χ1) is 27.8. The van der Waals surface area contributed by atoms with Gasteiger partial charge in [0.05, 0.1) is 41.4 Å². The Morgan fingerprint density at radius 2 is 1.49 bits per heavy atom. The van der Waals surface area contributed by atoms with Gasteiger partial charge >= 0.3 is 0 Å². The highest BCUT2D eigenvalue weighted by Gasteiger charge is 2.43. The van der Waals surface area contributed by atoms with E-state index in [1.54, 1.807) is 60.6 Å². The van der Waals surface area contributed by atoms with E-state index < -0.39 is 94.5 Å². The Morgan fingerprint density at radius 3 is 2.14 bits per heavy atom. The van der Waals surface area contributed by atoms with E-state index in [0.29, 0.717) is 38.0 Å². The van der Waals surface area contributed by atoms with E-state index in [1.807, 2.05) is 37.3 Å². The fourth-order valence-corrected chi connectivity index (χ4v) is 8.48. The van der Waals surface area contributed by atoms with E-state index in [4.69, 9.17) is 9.47 Å². The largest absolute Gasteiger partial charge is 0.369 e. The van der Waals surface area contributed by atoms with Crippen molar-refractivity contribution in [3.63, 3.8) is 0 Å². The molecule has 1 aromatic carbocycles. The third kappa shape index (κ3) is 12.9. The zero-order chi connectivity index (χ0) is 43.7. The second-order valence-electron chi connectivity index (χ2n) is 16.9. The van der Waals surface area contributed by atoms with Crippen LogP contribution in [0.15, 0.2) is 55.6 Å². The van der Waals surface area contributed by atoms with Crippen LogP contribution in [0.1, 0.15) is 80.2 Å². The summed E-state index contributed by atoms with van der Waals surface area (Å²) >= 11 is 1.47. The molecule has 3 aliphatic rings. The maximum Gasteiger partial charge on any atom is 0.245 e. The van der Waals surface area contributed by atoms with Crippen molar-refractivity contribution in [3.05, 3.63) is 61.2 Å². The number of benzene rings is 1. The van der Waals surface area contributed by atoms with Crippen LogP contribution < -0.4 is 31.9 Å². The normalized spacial score (nSPS) is 29.1. The lowest BCUT2D eigenvalue weighted by atomic mass is 9.97.